The molecule has 1 aliphatic carbocycles. The number of rotatable bonds is 8. The number of aromatic amines is 1. The number of aromatic nitrogens is 2. The summed E-state index contributed by atoms with van der Waals surface area (Å²) < 4.78 is 29.1. The van der Waals surface area contributed by atoms with Gasteiger partial charge in [0, 0.05) is 47.8 Å². The van der Waals surface area contributed by atoms with E-state index in [0.29, 0.717) is 11.4 Å². The first-order chi connectivity index (χ1) is 16.3. The van der Waals surface area contributed by atoms with Crippen molar-refractivity contribution >= 4 is 38.0 Å². The lowest BCUT2D eigenvalue weighted by Gasteiger charge is -2.20. The number of sulfonamides is 1. The summed E-state index contributed by atoms with van der Waals surface area (Å²) in [6.45, 7) is 3.86. The Labute approximate surface area is 205 Å². The van der Waals surface area contributed by atoms with Gasteiger partial charge in [-0.15, -0.1) is 11.3 Å². The molecule has 9 heteroatoms. The van der Waals surface area contributed by atoms with E-state index in [9.17, 15) is 13.2 Å². The molecule has 1 unspecified atom stereocenters. The van der Waals surface area contributed by atoms with Crippen molar-refractivity contribution in [3.8, 4) is 0 Å². The summed E-state index contributed by atoms with van der Waals surface area (Å²) in [4.78, 5) is 23.9. The van der Waals surface area contributed by atoms with Crippen LogP contribution < -0.4 is 4.72 Å². The number of benzene rings is 1. The maximum atomic E-state index is 13.1. The van der Waals surface area contributed by atoms with E-state index in [0.717, 1.165) is 73.8 Å². The number of likely N-dealkylation sites (N-methyl/N-ethyl adjacent to an activating group) is 1. The molecule has 2 N–H and O–H groups in total. The number of Topliss-reactive ketones (excluding diaryl/α,β-unsaturated/α-hetero) is 1. The molecule has 3 heterocycles. The summed E-state index contributed by atoms with van der Waals surface area (Å²) >= 11 is 1.54. The number of nitrogens with one attached hydrogen (secondary N) is 2. The second-order valence-corrected chi connectivity index (χ2v) is 12.6. The van der Waals surface area contributed by atoms with Gasteiger partial charge < -0.3 is 9.88 Å². The first-order valence-electron chi connectivity index (χ1n) is 12.1. The third kappa shape index (κ3) is 4.98. The maximum absolute atomic E-state index is 13.1. The average molecular weight is 501 g/mol. The van der Waals surface area contributed by atoms with Crippen molar-refractivity contribution in [2.45, 2.75) is 69.5 Å². The topological polar surface area (TPSA) is 95.2 Å². The number of aryl methyl sites for hydroxylation is 1. The summed E-state index contributed by atoms with van der Waals surface area (Å²) in [6, 6.07) is 7.48. The van der Waals surface area contributed by atoms with Gasteiger partial charge in [0.15, 0.2) is 10.8 Å². The third-order valence-corrected chi connectivity index (χ3v) is 9.68. The van der Waals surface area contributed by atoms with E-state index in [1.165, 1.54) is 4.88 Å². The molecule has 1 aliphatic heterocycles. The highest BCUT2D eigenvalue weighted by molar-refractivity contribution is 7.89. The number of carbonyl (C=O) groups excluding carboxylic acids is 1. The molecule has 34 heavy (non-hydrogen) atoms. The van der Waals surface area contributed by atoms with Crippen LogP contribution in [0.2, 0.25) is 0 Å². The number of nitrogens with zero attached hydrogens (tertiary/aromatic N) is 2. The quantitative estimate of drug-likeness (QED) is 0.447. The van der Waals surface area contributed by atoms with Crippen LogP contribution in [0.5, 0.6) is 0 Å². The van der Waals surface area contributed by atoms with Gasteiger partial charge in [-0.2, -0.15) is 0 Å². The number of ketones is 1. The van der Waals surface area contributed by atoms with Crippen LogP contribution in [0.4, 0.5) is 0 Å². The third-order valence-electron chi connectivity index (χ3n) is 7.15. The SMILES string of the molecule is Cc1ccc2[nH]c(S(=O)(=O)N[C@@H]3CCCC3CCCC(=O)c3nc4c(s3)CN(C)CC4)cc2c1. The van der Waals surface area contributed by atoms with Gasteiger partial charge in [0.25, 0.3) is 10.0 Å². The van der Waals surface area contributed by atoms with Crippen LogP contribution in [0.1, 0.15) is 64.5 Å². The highest BCUT2D eigenvalue weighted by Crippen LogP contribution is 2.32. The van der Waals surface area contributed by atoms with Crippen LogP contribution in [0.25, 0.3) is 10.9 Å². The average Bonchev–Trinajstić information content (AvgIpc) is 3.51. The van der Waals surface area contributed by atoms with E-state index in [1.807, 2.05) is 25.1 Å². The van der Waals surface area contributed by atoms with Crippen molar-refractivity contribution in [1.82, 2.24) is 19.6 Å². The van der Waals surface area contributed by atoms with Crippen molar-refractivity contribution in [2.75, 3.05) is 13.6 Å². The highest BCUT2D eigenvalue weighted by Gasteiger charge is 2.32. The molecular weight excluding hydrogens is 468 g/mol. The fourth-order valence-electron chi connectivity index (χ4n) is 5.24. The predicted molar refractivity (Wildman–Crippen MR) is 135 cm³/mol. The molecule has 3 aromatic rings. The summed E-state index contributed by atoms with van der Waals surface area (Å²) in [5, 5.41) is 1.75. The smallest absolute Gasteiger partial charge is 0.256 e. The Morgan fingerprint density at radius 1 is 1.29 bits per heavy atom. The zero-order chi connectivity index (χ0) is 23.9. The maximum Gasteiger partial charge on any atom is 0.256 e. The molecule has 1 saturated carbocycles. The van der Waals surface area contributed by atoms with Gasteiger partial charge in [-0.25, -0.2) is 18.1 Å². The van der Waals surface area contributed by atoms with Crippen LogP contribution in [0.15, 0.2) is 29.3 Å². The number of thiazole rings is 1. The minimum Gasteiger partial charge on any atom is -0.345 e. The van der Waals surface area contributed by atoms with Crippen molar-refractivity contribution in [1.29, 1.82) is 0 Å². The molecule has 2 aliphatic rings. The molecule has 2 aromatic heterocycles. The number of fused-ring (bicyclic) bond motifs is 2. The minimum atomic E-state index is -3.63. The fourth-order valence-corrected chi connectivity index (χ4v) is 7.76. The Hall–Kier alpha value is -2.07. The molecule has 0 amide bonds. The van der Waals surface area contributed by atoms with Crippen LogP contribution in [0.3, 0.4) is 0 Å². The van der Waals surface area contributed by atoms with E-state index in [4.69, 9.17) is 0 Å². The van der Waals surface area contributed by atoms with Crippen LogP contribution in [-0.2, 0) is 23.0 Å². The van der Waals surface area contributed by atoms with E-state index in [1.54, 1.807) is 17.4 Å². The molecule has 7 nitrogen and oxygen atoms in total. The normalized spacial score (nSPS) is 21.2. The second kappa shape index (κ2) is 9.53. The number of H-pyrrole nitrogens is 1. The Morgan fingerprint density at radius 3 is 3.00 bits per heavy atom. The standard InChI is InChI=1S/C25H32N4O3S2/c1-16-9-10-19-18(13-16)14-24(26-19)34(31,32)28-20-7-3-5-17(20)6-4-8-22(30)25-27-21-11-12-29(2)15-23(21)33-25/h9-10,13-14,17,20,26,28H,3-8,11-12,15H2,1-2H3/t17?,20-/m1/s1. The van der Waals surface area contributed by atoms with Gasteiger partial charge in [0.05, 0.1) is 5.69 Å². The molecule has 5 rings (SSSR count). The van der Waals surface area contributed by atoms with Gasteiger partial charge in [-0.3, -0.25) is 4.79 Å². The number of hydrogen-bond donors (Lipinski definition) is 2. The monoisotopic (exact) mass is 500 g/mol. The van der Waals surface area contributed by atoms with Gasteiger partial charge in [0.1, 0.15) is 5.03 Å². The fraction of sp³-hybridized carbons (Fsp3) is 0.520. The van der Waals surface area contributed by atoms with E-state index in [-0.39, 0.29) is 22.8 Å². The molecule has 0 saturated heterocycles. The molecular formula is C25H32N4O3S2. The van der Waals surface area contributed by atoms with Crippen molar-refractivity contribution in [3.05, 3.63) is 45.4 Å². The minimum absolute atomic E-state index is 0.0871. The summed E-state index contributed by atoms with van der Waals surface area (Å²) in [5.41, 5.74) is 3.01. The highest BCUT2D eigenvalue weighted by atomic mass is 32.2. The van der Waals surface area contributed by atoms with Crippen LogP contribution in [0, 0.1) is 12.8 Å². The Kier molecular flexibility index (Phi) is 6.63. The molecule has 0 radical (unpaired) electrons. The number of carbonyl (C=O) groups is 1. The number of hydrogen-bond acceptors (Lipinski definition) is 6. The lowest BCUT2D eigenvalue weighted by molar-refractivity contribution is 0.0976. The van der Waals surface area contributed by atoms with Crippen molar-refractivity contribution in [3.63, 3.8) is 0 Å². The summed E-state index contributed by atoms with van der Waals surface area (Å²) in [5.74, 6) is 0.373. The largest absolute Gasteiger partial charge is 0.345 e. The molecule has 2 atom stereocenters. The zero-order valence-electron chi connectivity index (χ0n) is 19.8. The molecule has 0 spiro atoms. The first kappa shape index (κ1) is 23.7. The Morgan fingerprint density at radius 2 is 2.15 bits per heavy atom. The van der Waals surface area contributed by atoms with Crippen molar-refractivity contribution < 1.29 is 13.2 Å². The molecule has 1 aromatic carbocycles. The predicted octanol–water partition coefficient (Wildman–Crippen LogP) is 4.42. The lowest BCUT2D eigenvalue weighted by atomic mass is 9.96. The lowest BCUT2D eigenvalue weighted by Crippen LogP contribution is -2.37. The zero-order valence-corrected chi connectivity index (χ0v) is 21.4. The molecule has 0 bridgehead atoms. The Balaban J connectivity index is 1.17. The van der Waals surface area contributed by atoms with E-state index in [2.05, 4.69) is 26.6 Å². The molecule has 1 fully saturated rings. The van der Waals surface area contributed by atoms with Crippen LogP contribution >= 0.6 is 11.3 Å². The Bertz CT molecular complexity index is 1310. The van der Waals surface area contributed by atoms with E-state index >= 15 is 0 Å². The summed E-state index contributed by atoms with van der Waals surface area (Å²) in [7, 11) is -1.53. The van der Waals surface area contributed by atoms with Gasteiger partial charge >= 0.3 is 0 Å². The van der Waals surface area contributed by atoms with Crippen LogP contribution in [-0.4, -0.2) is 48.7 Å². The van der Waals surface area contributed by atoms with E-state index < -0.39 is 10.0 Å². The first-order valence-corrected chi connectivity index (χ1v) is 14.4. The van der Waals surface area contributed by atoms with Crippen molar-refractivity contribution in [2.24, 2.45) is 5.92 Å². The van der Waals surface area contributed by atoms with Gasteiger partial charge in [-0.05, 0) is 63.8 Å². The van der Waals surface area contributed by atoms with Gasteiger partial charge in [0.2, 0.25) is 0 Å². The second-order valence-electron chi connectivity index (χ2n) is 9.84. The van der Waals surface area contributed by atoms with Gasteiger partial charge in [-0.1, -0.05) is 18.1 Å². The molecule has 182 valence electrons. The summed E-state index contributed by atoms with van der Waals surface area (Å²) in [6.07, 6.45) is 5.82.